The van der Waals surface area contributed by atoms with E-state index in [0.29, 0.717) is 5.92 Å². The van der Waals surface area contributed by atoms with Gasteiger partial charge in [0.1, 0.15) is 0 Å². The summed E-state index contributed by atoms with van der Waals surface area (Å²) in [5, 5.41) is 4.28. The van der Waals surface area contributed by atoms with E-state index in [1.165, 1.54) is 0 Å². The number of hydrogen-bond acceptors (Lipinski definition) is 3. The second kappa shape index (κ2) is 4.61. The van der Waals surface area contributed by atoms with Crippen molar-refractivity contribution in [2.45, 2.75) is 32.7 Å². The molecule has 2 unspecified atom stereocenters. The Hall–Kier alpha value is -1.42. The molecule has 0 fully saturated rings. The molecule has 2 aromatic rings. The fourth-order valence-corrected chi connectivity index (χ4v) is 2.05. The number of rotatable bonds is 4. The van der Waals surface area contributed by atoms with Gasteiger partial charge in [-0.1, -0.05) is 20.3 Å². The minimum Gasteiger partial charge on any atom is -0.324 e. The molecular weight excluding hydrogens is 200 g/mol. The first-order valence-electron chi connectivity index (χ1n) is 5.77. The molecule has 0 radical (unpaired) electrons. The Bertz CT molecular complexity index is 463. The Kier molecular flexibility index (Phi) is 3.19. The molecule has 2 heterocycles. The van der Waals surface area contributed by atoms with Crippen molar-refractivity contribution in [3.63, 3.8) is 0 Å². The molecule has 2 N–H and O–H groups in total. The molecule has 0 aliphatic rings. The van der Waals surface area contributed by atoms with E-state index in [1.807, 2.05) is 23.1 Å². The van der Waals surface area contributed by atoms with Crippen molar-refractivity contribution in [1.29, 1.82) is 0 Å². The van der Waals surface area contributed by atoms with E-state index in [2.05, 4.69) is 23.9 Å². The molecule has 86 valence electrons. The maximum absolute atomic E-state index is 6.25. The summed E-state index contributed by atoms with van der Waals surface area (Å²) in [5.74, 6) is 0.471. The van der Waals surface area contributed by atoms with Crippen LogP contribution in [0.15, 0.2) is 24.8 Å². The Morgan fingerprint density at radius 3 is 3.00 bits per heavy atom. The maximum Gasteiger partial charge on any atom is 0.0892 e. The third-order valence-corrected chi connectivity index (χ3v) is 3.07. The highest BCUT2D eigenvalue weighted by Crippen LogP contribution is 2.25. The van der Waals surface area contributed by atoms with Crippen molar-refractivity contribution < 1.29 is 0 Å². The lowest BCUT2D eigenvalue weighted by Crippen LogP contribution is -2.18. The normalized spacial score (nSPS) is 15.2. The van der Waals surface area contributed by atoms with Gasteiger partial charge in [0.2, 0.25) is 0 Å². The Morgan fingerprint density at radius 1 is 1.44 bits per heavy atom. The summed E-state index contributed by atoms with van der Waals surface area (Å²) in [6, 6.07) is 0.0432. The SMILES string of the molecule is CCCC(C)C(N)c1cnn2ccncc12. The van der Waals surface area contributed by atoms with Crippen LogP contribution in [0, 0.1) is 5.92 Å². The molecule has 2 atom stereocenters. The summed E-state index contributed by atoms with van der Waals surface area (Å²) in [6.45, 7) is 4.37. The summed E-state index contributed by atoms with van der Waals surface area (Å²) in [4.78, 5) is 4.12. The van der Waals surface area contributed by atoms with E-state index < -0.39 is 0 Å². The van der Waals surface area contributed by atoms with Crippen LogP contribution in [0.2, 0.25) is 0 Å². The van der Waals surface area contributed by atoms with E-state index >= 15 is 0 Å². The van der Waals surface area contributed by atoms with E-state index in [9.17, 15) is 0 Å². The first kappa shape index (κ1) is 11.1. The van der Waals surface area contributed by atoms with Crippen LogP contribution in [0.1, 0.15) is 38.3 Å². The first-order chi connectivity index (χ1) is 7.74. The average molecular weight is 218 g/mol. The highest BCUT2D eigenvalue weighted by molar-refractivity contribution is 5.53. The largest absolute Gasteiger partial charge is 0.324 e. The summed E-state index contributed by atoms with van der Waals surface area (Å²) < 4.78 is 1.82. The van der Waals surface area contributed by atoms with Crippen molar-refractivity contribution in [2.24, 2.45) is 11.7 Å². The first-order valence-corrected chi connectivity index (χ1v) is 5.77. The minimum absolute atomic E-state index is 0.0432. The van der Waals surface area contributed by atoms with Gasteiger partial charge in [0.15, 0.2) is 0 Å². The molecule has 0 saturated heterocycles. The fraction of sp³-hybridized carbons (Fsp3) is 0.500. The summed E-state index contributed by atoms with van der Waals surface area (Å²) >= 11 is 0. The van der Waals surface area contributed by atoms with Gasteiger partial charge in [0.05, 0.1) is 17.9 Å². The number of hydrogen-bond donors (Lipinski definition) is 1. The zero-order valence-corrected chi connectivity index (χ0v) is 9.80. The van der Waals surface area contributed by atoms with Gasteiger partial charge < -0.3 is 5.73 Å². The second-order valence-electron chi connectivity index (χ2n) is 4.30. The zero-order chi connectivity index (χ0) is 11.5. The standard InChI is InChI=1S/C12H18N4/c1-3-4-9(2)12(13)10-7-15-16-6-5-14-8-11(10)16/h5-9,12H,3-4,13H2,1-2H3. The lowest BCUT2D eigenvalue weighted by molar-refractivity contribution is 0.435. The van der Waals surface area contributed by atoms with E-state index in [0.717, 1.165) is 23.9 Å². The zero-order valence-electron chi connectivity index (χ0n) is 9.80. The van der Waals surface area contributed by atoms with Gasteiger partial charge in [-0.15, -0.1) is 0 Å². The van der Waals surface area contributed by atoms with Crippen molar-refractivity contribution in [1.82, 2.24) is 14.6 Å². The lowest BCUT2D eigenvalue weighted by Gasteiger charge is -2.18. The monoisotopic (exact) mass is 218 g/mol. The number of aromatic nitrogens is 3. The van der Waals surface area contributed by atoms with Gasteiger partial charge in [-0.05, 0) is 12.3 Å². The molecule has 2 aromatic heterocycles. The van der Waals surface area contributed by atoms with Gasteiger partial charge in [-0.3, -0.25) is 4.98 Å². The Labute approximate surface area is 95.5 Å². The molecule has 0 spiro atoms. The van der Waals surface area contributed by atoms with Crippen molar-refractivity contribution in [2.75, 3.05) is 0 Å². The average Bonchev–Trinajstić information content (AvgIpc) is 2.72. The Morgan fingerprint density at radius 2 is 2.25 bits per heavy atom. The number of fused-ring (bicyclic) bond motifs is 1. The molecule has 4 heteroatoms. The van der Waals surface area contributed by atoms with E-state index in [4.69, 9.17) is 5.73 Å². The second-order valence-corrected chi connectivity index (χ2v) is 4.30. The third-order valence-electron chi connectivity index (χ3n) is 3.07. The van der Waals surface area contributed by atoms with Crippen LogP contribution >= 0.6 is 0 Å². The van der Waals surface area contributed by atoms with Gasteiger partial charge in [0, 0.05) is 24.0 Å². The summed E-state index contributed by atoms with van der Waals surface area (Å²) in [6.07, 6.45) is 9.54. The number of nitrogens with zero attached hydrogens (tertiary/aromatic N) is 3. The van der Waals surface area contributed by atoms with Crippen LogP contribution in [-0.2, 0) is 0 Å². The Balaban J connectivity index is 2.32. The summed E-state index contributed by atoms with van der Waals surface area (Å²) in [5.41, 5.74) is 8.36. The predicted molar refractivity (Wildman–Crippen MR) is 64.0 cm³/mol. The van der Waals surface area contributed by atoms with Gasteiger partial charge in [-0.25, -0.2) is 4.52 Å². The van der Waals surface area contributed by atoms with E-state index in [1.54, 1.807) is 6.20 Å². The quantitative estimate of drug-likeness (QED) is 0.855. The van der Waals surface area contributed by atoms with Crippen LogP contribution in [0.4, 0.5) is 0 Å². The molecule has 0 amide bonds. The molecule has 0 aliphatic heterocycles. The van der Waals surface area contributed by atoms with Gasteiger partial charge >= 0.3 is 0 Å². The highest BCUT2D eigenvalue weighted by Gasteiger charge is 2.18. The van der Waals surface area contributed by atoms with Crippen LogP contribution < -0.4 is 5.73 Å². The van der Waals surface area contributed by atoms with Crippen LogP contribution in [0.5, 0.6) is 0 Å². The smallest absolute Gasteiger partial charge is 0.0892 e. The fourth-order valence-electron chi connectivity index (χ4n) is 2.05. The molecule has 0 bridgehead atoms. The maximum atomic E-state index is 6.25. The number of nitrogens with two attached hydrogens (primary N) is 1. The molecule has 4 nitrogen and oxygen atoms in total. The lowest BCUT2D eigenvalue weighted by atomic mass is 9.93. The third kappa shape index (κ3) is 1.93. The molecule has 0 aromatic carbocycles. The van der Waals surface area contributed by atoms with Crippen LogP contribution in [-0.4, -0.2) is 14.6 Å². The minimum atomic E-state index is 0.0432. The van der Waals surface area contributed by atoms with Crippen molar-refractivity contribution >= 4 is 5.52 Å². The highest BCUT2D eigenvalue weighted by atomic mass is 15.2. The molecule has 2 rings (SSSR count). The molecule has 0 saturated carbocycles. The van der Waals surface area contributed by atoms with Gasteiger partial charge in [-0.2, -0.15) is 5.10 Å². The van der Waals surface area contributed by atoms with E-state index in [-0.39, 0.29) is 6.04 Å². The van der Waals surface area contributed by atoms with Crippen LogP contribution in [0.25, 0.3) is 5.52 Å². The molecular formula is C12H18N4. The van der Waals surface area contributed by atoms with Crippen molar-refractivity contribution in [3.8, 4) is 0 Å². The van der Waals surface area contributed by atoms with Gasteiger partial charge in [0.25, 0.3) is 0 Å². The summed E-state index contributed by atoms with van der Waals surface area (Å²) in [7, 11) is 0. The predicted octanol–water partition coefficient (Wildman–Crippen LogP) is 2.17. The van der Waals surface area contributed by atoms with Crippen LogP contribution in [0.3, 0.4) is 0 Å². The molecule has 16 heavy (non-hydrogen) atoms. The molecule has 0 aliphatic carbocycles. The van der Waals surface area contributed by atoms with Crippen molar-refractivity contribution in [3.05, 3.63) is 30.4 Å². The topological polar surface area (TPSA) is 56.2 Å².